The summed E-state index contributed by atoms with van der Waals surface area (Å²) in [6.45, 7) is 0. The highest BCUT2D eigenvalue weighted by atomic mass is 16.2. The van der Waals surface area contributed by atoms with E-state index in [-0.39, 0.29) is 17.7 Å². The first-order chi connectivity index (χ1) is 8.24. The molecule has 1 aromatic carbocycles. The lowest BCUT2D eigenvalue weighted by atomic mass is 10.0. The lowest BCUT2D eigenvalue weighted by molar-refractivity contribution is -0.120. The Labute approximate surface area is 101 Å². The zero-order chi connectivity index (χ0) is 12.1. The molecule has 1 amide bonds. The monoisotopic (exact) mass is 231 g/mol. The summed E-state index contributed by atoms with van der Waals surface area (Å²) >= 11 is 0. The number of carbonyl (C=O) groups excluding carboxylic acids is 2. The van der Waals surface area contributed by atoms with Crippen LogP contribution in [0.1, 0.15) is 31.2 Å². The molecule has 1 fully saturated rings. The second-order valence-electron chi connectivity index (χ2n) is 4.54. The Hall–Kier alpha value is -1.64. The fourth-order valence-corrected chi connectivity index (χ4v) is 2.14. The van der Waals surface area contributed by atoms with Crippen LogP contribution < -0.4 is 5.32 Å². The Balaban J connectivity index is 1.73. The van der Waals surface area contributed by atoms with Gasteiger partial charge in [0.25, 0.3) is 0 Å². The fourth-order valence-electron chi connectivity index (χ4n) is 2.14. The van der Waals surface area contributed by atoms with Gasteiger partial charge in [-0.1, -0.05) is 30.3 Å². The van der Waals surface area contributed by atoms with Gasteiger partial charge in [-0.3, -0.25) is 9.59 Å². The number of amides is 1. The van der Waals surface area contributed by atoms with Gasteiger partial charge in [-0.15, -0.1) is 0 Å². The molecule has 0 bridgehead atoms. The van der Waals surface area contributed by atoms with Gasteiger partial charge in [-0.2, -0.15) is 0 Å². The smallest absolute Gasteiger partial charge is 0.220 e. The number of ketones is 1. The molecule has 0 radical (unpaired) electrons. The maximum atomic E-state index is 11.7. The predicted octanol–water partition coefficient (Wildman–Crippen LogP) is 1.86. The number of nitrogens with one attached hydrogen (secondary N) is 1. The second-order valence-corrected chi connectivity index (χ2v) is 4.54. The van der Waals surface area contributed by atoms with Crippen molar-refractivity contribution in [1.29, 1.82) is 0 Å². The molecule has 0 saturated carbocycles. The van der Waals surface area contributed by atoms with E-state index < -0.39 is 0 Å². The zero-order valence-electron chi connectivity index (χ0n) is 9.82. The van der Waals surface area contributed by atoms with Gasteiger partial charge in [0.05, 0.1) is 0 Å². The Kier molecular flexibility index (Phi) is 3.91. The fraction of sp³-hybridized carbons (Fsp3) is 0.429. The van der Waals surface area contributed by atoms with Gasteiger partial charge in [0.1, 0.15) is 5.78 Å². The molecule has 1 N–H and O–H groups in total. The van der Waals surface area contributed by atoms with Gasteiger partial charge in [0, 0.05) is 25.3 Å². The van der Waals surface area contributed by atoms with Gasteiger partial charge < -0.3 is 5.32 Å². The summed E-state index contributed by atoms with van der Waals surface area (Å²) in [5.74, 6) is 0.364. The standard InChI is InChI=1S/C14H17NO2/c16-13(10-11-4-2-1-3-5-11)8-6-12-7-9-14(17)15-12/h1-5,12H,6-10H2,(H,15,17). The molecule has 0 spiro atoms. The number of hydrogen-bond donors (Lipinski definition) is 1. The Bertz CT molecular complexity index is 400. The molecule has 1 aliphatic rings. The van der Waals surface area contributed by atoms with Crippen molar-refractivity contribution in [3.05, 3.63) is 35.9 Å². The van der Waals surface area contributed by atoms with Crippen molar-refractivity contribution >= 4 is 11.7 Å². The van der Waals surface area contributed by atoms with Crippen molar-refractivity contribution in [3.8, 4) is 0 Å². The summed E-state index contributed by atoms with van der Waals surface area (Å²) in [5, 5.41) is 2.88. The van der Waals surface area contributed by atoms with Crippen LogP contribution in [0, 0.1) is 0 Å². The minimum Gasteiger partial charge on any atom is -0.353 e. The van der Waals surface area contributed by atoms with Crippen LogP contribution in [0.5, 0.6) is 0 Å². The molecule has 2 rings (SSSR count). The van der Waals surface area contributed by atoms with E-state index in [0.29, 0.717) is 19.3 Å². The molecule has 1 unspecified atom stereocenters. The quantitative estimate of drug-likeness (QED) is 0.840. The summed E-state index contributed by atoms with van der Waals surface area (Å²) < 4.78 is 0. The van der Waals surface area contributed by atoms with Crippen molar-refractivity contribution in [2.75, 3.05) is 0 Å². The number of benzene rings is 1. The zero-order valence-corrected chi connectivity index (χ0v) is 9.82. The van der Waals surface area contributed by atoms with Crippen LogP contribution in [0.25, 0.3) is 0 Å². The van der Waals surface area contributed by atoms with Crippen LogP contribution >= 0.6 is 0 Å². The van der Waals surface area contributed by atoms with E-state index in [9.17, 15) is 9.59 Å². The third kappa shape index (κ3) is 3.70. The minimum atomic E-state index is 0.116. The van der Waals surface area contributed by atoms with E-state index in [2.05, 4.69) is 5.32 Å². The number of Topliss-reactive ketones (excluding diaryl/α,β-unsaturated/α-hetero) is 1. The first-order valence-electron chi connectivity index (χ1n) is 6.09. The van der Waals surface area contributed by atoms with Crippen molar-refractivity contribution in [2.24, 2.45) is 0 Å². The molecule has 0 aliphatic carbocycles. The molecule has 1 saturated heterocycles. The van der Waals surface area contributed by atoms with Gasteiger partial charge in [-0.25, -0.2) is 0 Å². The molecule has 17 heavy (non-hydrogen) atoms. The van der Waals surface area contributed by atoms with Gasteiger partial charge in [0.15, 0.2) is 0 Å². The van der Waals surface area contributed by atoms with Gasteiger partial charge in [0.2, 0.25) is 5.91 Å². The summed E-state index contributed by atoms with van der Waals surface area (Å²) in [7, 11) is 0. The molecule has 90 valence electrons. The van der Waals surface area contributed by atoms with E-state index in [1.807, 2.05) is 30.3 Å². The predicted molar refractivity (Wildman–Crippen MR) is 65.6 cm³/mol. The molecule has 3 nitrogen and oxygen atoms in total. The van der Waals surface area contributed by atoms with Crippen molar-refractivity contribution < 1.29 is 9.59 Å². The van der Waals surface area contributed by atoms with E-state index in [4.69, 9.17) is 0 Å². The molecule has 0 aromatic heterocycles. The topological polar surface area (TPSA) is 46.2 Å². The molecule has 3 heteroatoms. The largest absolute Gasteiger partial charge is 0.353 e. The second kappa shape index (κ2) is 5.62. The summed E-state index contributed by atoms with van der Waals surface area (Å²) in [6.07, 6.45) is 3.31. The number of rotatable bonds is 5. The van der Waals surface area contributed by atoms with E-state index in [1.54, 1.807) is 0 Å². The Morgan fingerprint density at radius 3 is 2.71 bits per heavy atom. The lowest BCUT2D eigenvalue weighted by Crippen LogP contribution is -2.25. The average Bonchev–Trinajstić information content (AvgIpc) is 2.74. The van der Waals surface area contributed by atoms with Gasteiger partial charge in [-0.05, 0) is 18.4 Å². The average molecular weight is 231 g/mol. The summed E-state index contributed by atoms with van der Waals surface area (Å²) in [6, 6.07) is 9.98. The minimum absolute atomic E-state index is 0.116. The SMILES string of the molecule is O=C(CCC1CCC(=O)N1)Cc1ccccc1. The van der Waals surface area contributed by atoms with Crippen molar-refractivity contribution in [2.45, 2.75) is 38.1 Å². The summed E-state index contributed by atoms with van der Waals surface area (Å²) in [4.78, 5) is 22.7. The van der Waals surface area contributed by atoms with Crippen LogP contribution in [-0.4, -0.2) is 17.7 Å². The molecule has 1 atom stereocenters. The first kappa shape index (κ1) is 11.8. The number of hydrogen-bond acceptors (Lipinski definition) is 2. The van der Waals surface area contributed by atoms with Crippen molar-refractivity contribution in [3.63, 3.8) is 0 Å². The summed E-state index contributed by atoms with van der Waals surface area (Å²) in [5.41, 5.74) is 1.06. The maximum Gasteiger partial charge on any atom is 0.220 e. The Morgan fingerprint density at radius 1 is 1.29 bits per heavy atom. The van der Waals surface area contributed by atoms with Crippen LogP contribution in [0.4, 0.5) is 0 Å². The third-order valence-corrected chi connectivity index (χ3v) is 3.10. The van der Waals surface area contributed by atoms with E-state index in [1.165, 1.54) is 0 Å². The van der Waals surface area contributed by atoms with Crippen molar-refractivity contribution in [1.82, 2.24) is 5.32 Å². The Morgan fingerprint density at radius 2 is 2.06 bits per heavy atom. The van der Waals surface area contributed by atoms with Gasteiger partial charge >= 0.3 is 0 Å². The first-order valence-corrected chi connectivity index (χ1v) is 6.09. The van der Waals surface area contributed by atoms with Crippen LogP contribution in [0.3, 0.4) is 0 Å². The highest BCUT2D eigenvalue weighted by Gasteiger charge is 2.20. The molecular formula is C14H17NO2. The molecule has 1 aromatic rings. The normalized spacial score (nSPS) is 19.1. The molecule has 1 aliphatic heterocycles. The third-order valence-electron chi connectivity index (χ3n) is 3.10. The van der Waals surface area contributed by atoms with Crippen LogP contribution in [0.15, 0.2) is 30.3 Å². The molecular weight excluding hydrogens is 214 g/mol. The highest BCUT2D eigenvalue weighted by molar-refractivity contribution is 5.81. The maximum absolute atomic E-state index is 11.7. The highest BCUT2D eigenvalue weighted by Crippen LogP contribution is 2.13. The van der Waals surface area contributed by atoms with Crippen LogP contribution in [0.2, 0.25) is 0 Å². The van der Waals surface area contributed by atoms with E-state index in [0.717, 1.165) is 18.4 Å². The lowest BCUT2D eigenvalue weighted by Gasteiger charge is -2.08. The van der Waals surface area contributed by atoms with E-state index >= 15 is 0 Å². The number of carbonyl (C=O) groups is 2. The molecule has 1 heterocycles. The van der Waals surface area contributed by atoms with Crippen LogP contribution in [-0.2, 0) is 16.0 Å².